The van der Waals surface area contributed by atoms with Gasteiger partial charge in [-0.15, -0.1) is 0 Å². The second-order valence-corrected chi connectivity index (χ2v) is 6.20. The molecule has 2 rings (SSSR count). The van der Waals surface area contributed by atoms with Crippen molar-refractivity contribution < 1.29 is 22.4 Å². The number of carbonyl (C=O) groups is 1. The van der Waals surface area contributed by atoms with Gasteiger partial charge in [-0.2, -0.15) is 13.2 Å². The zero-order chi connectivity index (χ0) is 21.4. The third kappa shape index (κ3) is 6.81. The summed E-state index contributed by atoms with van der Waals surface area (Å²) in [6, 6.07) is 4.07. The molecule has 0 saturated carbocycles. The molecule has 0 radical (unpaired) electrons. The Hall–Kier alpha value is -3.04. The molecule has 0 unspecified atom stereocenters. The lowest BCUT2D eigenvalue weighted by Gasteiger charge is -2.12. The largest absolute Gasteiger partial charge is 0.444 e. The van der Waals surface area contributed by atoms with E-state index in [1.807, 2.05) is 20.8 Å². The number of aromatic nitrogens is 1. The maximum absolute atomic E-state index is 12.6. The molecule has 0 fully saturated rings. The standard InChI is InChI=1S/C19H24F3N5O2/c1-4-23-18(26-11-16-27-12(2)13(3)29-16)25-10-9-24-17(28)14-5-7-15(8-6-14)19(20,21)22/h5-8H,4,9-11H2,1-3H3,(H,24,28)(H2,23,25,26). The van der Waals surface area contributed by atoms with E-state index in [2.05, 4.69) is 25.9 Å². The van der Waals surface area contributed by atoms with Gasteiger partial charge in [0.05, 0.1) is 11.3 Å². The van der Waals surface area contributed by atoms with Crippen LogP contribution in [0.25, 0.3) is 0 Å². The van der Waals surface area contributed by atoms with Crippen molar-refractivity contribution in [3.05, 3.63) is 52.7 Å². The molecule has 0 spiro atoms. The molecule has 7 nitrogen and oxygen atoms in total. The highest BCUT2D eigenvalue weighted by molar-refractivity contribution is 5.94. The summed E-state index contributed by atoms with van der Waals surface area (Å²) in [7, 11) is 0. The molecule has 10 heteroatoms. The van der Waals surface area contributed by atoms with Gasteiger partial charge in [-0.1, -0.05) is 0 Å². The number of oxazole rings is 1. The van der Waals surface area contributed by atoms with Gasteiger partial charge in [-0.3, -0.25) is 4.79 Å². The fourth-order valence-electron chi connectivity index (χ4n) is 2.36. The molecule has 0 saturated heterocycles. The zero-order valence-corrected chi connectivity index (χ0v) is 16.5. The lowest BCUT2D eigenvalue weighted by Crippen LogP contribution is -2.41. The summed E-state index contributed by atoms with van der Waals surface area (Å²) in [6.45, 7) is 7.16. The number of amides is 1. The van der Waals surface area contributed by atoms with E-state index in [1.54, 1.807) is 0 Å². The fourth-order valence-corrected chi connectivity index (χ4v) is 2.36. The topological polar surface area (TPSA) is 91.6 Å². The van der Waals surface area contributed by atoms with Gasteiger partial charge in [0.2, 0.25) is 5.89 Å². The maximum Gasteiger partial charge on any atom is 0.416 e. The summed E-state index contributed by atoms with van der Waals surface area (Å²) in [4.78, 5) is 20.7. The van der Waals surface area contributed by atoms with Gasteiger partial charge >= 0.3 is 6.18 Å². The minimum Gasteiger partial charge on any atom is -0.444 e. The quantitative estimate of drug-likeness (QED) is 0.370. The fraction of sp³-hybridized carbons (Fsp3) is 0.421. The van der Waals surface area contributed by atoms with Gasteiger partial charge in [-0.25, -0.2) is 9.98 Å². The number of guanidine groups is 1. The Morgan fingerprint density at radius 1 is 1.10 bits per heavy atom. The molecule has 1 aromatic heterocycles. The summed E-state index contributed by atoms with van der Waals surface area (Å²) >= 11 is 0. The normalized spacial score (nSPS) is 12.0. The van der Waals surface area contributed by atoms with E-state index in [-0.39, 0.29) is 18.7 Å². The van der Waals surface area contributed by atoms with E-state index in [0.717, 1.165) is 35.7 Å². The monoisotopic (exact) mass is 411 g/mol. The third-order valence-electron chi connectivity index (χ3n) is 3.97. The van der Waals surface area contributed by atoms with Crippen LogP contribution in [0.15, 0.2) is 33.7 Å². The molecular weight excluding hydrogens is 387 g/mol. The highest BCUT2D eigenvalue weighted by Crippen LogP contribution is 2.29. The van der Waals surface area contributed by atoms with Crippen molar-refractivity contribution in [3.8, 4) is 0 Å². The van der Waals surface area contributed by atoms with Crippen LogP contribution in [-0.4, -0.2) is 36.5 Å². The molecule has 0 atom stereocenters. The Morgan fingerprint density at radius 3 is 2.31 bits per heavy atom. The number of halogens is 3. The van der Waals surface area contributed by atoms with Crippen molar-refractivity contribution in [2.45, 2.75) is 33.5 Å². The Kier molecular flexibility index (Phi) is 7.63. The van der Waals surface area contributed by atoms with E-state index in [9.17, 15) is 18.0 Å². The second kappa shape index (κ2) is 9.94. The van der Waals surface area contributed by atoms with Gasteiger partial charge in [0.25, 0.3) is 5.91 Å². The van der Waals surface area contributed by atoms with E-state index in [4.69, 9.17) is 4.42 Å². The van der Waals surface area contributed by atoms with Crippen molar-refractivity contribution in [1.29, 1.82) is 0 Å². The van der Waals surface area contributed by atoms with Gasteiger partial charge in [0.1, 0.15) is 12.3 Å². The molecular formula is C19H24F3N5O2. The smallest absolute Gasteiger partial charge is 0.416 e. The Labute approximate surface area is 166 Å². The van der Waals surface area contributed by atoms with Gasteiger partial charge in [0.15, 0.2) is 5.96 Å². The van der Waals surface area contributed by atoms with Crippen LogP contribution in [0.4, 0.5) is 13.2 Å². The summed E-state index contributed by atoms with van der Waals surface area (Å²) in [5, 5.41) is 8.76. The van der Waals surface area contributed by atoms with Crippen LogP contribution < -0.4 is 16.0 Å². The van der Waals surface area contributed by atoms with Crippen molar-refractivity contribution >= 4 is 11.9 Å². The summed E-state index contributed by atoms with van der Waals surface area (Å²) in [5.41, 5.74) is 0.186. The molecule has 0 aliphatic rings. The highest BCUT2D eigenvalue weighted by Gasteiger charge is 2.30. The van der Waals surface area contributed by atoms with Crippen LogP contribution in [0.2, 0.25) is 0 Å². The lowest BCUT2D eigenvalue weighted by atomic mass is 10.1. The van der Waals surface area contributed by atoms with Crippen molar-refractivity contribution in [2.24, 2.45) is 4.99 Å². The molecule has 0 bridgehead atoms. The number of aryl methyl sites for hydroxylation is 2. The average molecular weight is 411 g/mol. The predicted octanol–water partition coefficient (Wildman–Crippen LogP) is 2.80. The molecule has 2 aromatic rings. The van der Waals surface area contributed by atoms with Gasteiger partial charge < -0.3 is 20.4 Å². The van der Waals surface area contributed by atoms with E-state index < -0.39 is 17.6 Å². The van der Waals surface area contributed by atoms with Crippen molar-refractivity contribution in [1.82, 2.24) is 20.9 Å². The summed E-state index contributed by atoms with van der Waals surface area (Å²) < 4.78 is 43.2. The number of carbonyl (C=O) groups excluding carboxylic acids is 1. The number of aliphatic imine (C=N–C) groups is 1. The molecule has 3 N–H and O–H groups in total. The first-order valence-corrected chi connectivity index (χ1v) is 9.11. The van der Waals surface area contributed by atoms with Crippen molar-refractivity contribution in [3.63, 3.8) is 0 Å². The van der Waals surface area contributed by atoms with Crippen molar-refractivity contribution in [2.75, 3.05) is 19.6 Å². The maximum atomic E-state index is 12.6. The minimum atomic E-state index is -4.43. The predicted molar refractivity (Wildman–Crippen MR) is 103 cm³/mol. The Balaban J connectivity index is 1.81. The molecule has 1 aromatic carbocycles. The molecule has 0 aliphatic heterocycles. The second-order valence-electron chi connectivity index (χ2n) is 6.20. The number of alkyl halides is 3. The van der Waals surface area contributed by atoms with Crippen LogP contribution in [0.1, 0.15) is 40.2 Å². The van der Waals surface area contributed by atoms with E-state index in [1.165, 1.54) is 0 Å². The Bertz CT molecular complexity index is 825. The molecule has 1 heterocycles. The number of benzene rings is 1. The van der Waals surface area contributed by atoms with Crippen LogP contribution in [0, 0.1) is 13.8 Å². The first-order chi connectivity index (χ1) is 13.7. The van der Waals surface area contributed by atoms with Crippen LogP contribution in [0.5, 0.6) is 0 Å². The van der Waals surface area contributed by atoms with Gasteiger partial charge in [0, 0.05) is 25.2 Å². The van der Waals surface area contributed by atoms with Gasteiger partial charge in [-0.05, 0) is 45.0 Å². The zero-order valence-electron chi connectivity index (χ0n) is 16.5. The van der Waals surface area contributed by atoms with Crippen LogP contribution in [-0.2, 0) is 12.7 Å². The third-order valence-corrected chi connectivity index (χ3v) is 3.97. The number of nitrogens with one attached hydrogen (secondary N) is 3. The molecule has 1 amide bonds. The summed E-state index contributed by atoms with van der Waals surface area (Å²) in [6.07, 6.45) is -4.43. The van der Waals surface area contributed by atoms with E-state index in [0.29, 0.717) is 24.9 Å². The first-order valence-electron chi connectivity index (χ1n) is 9.11. The highest BCUT2D eigenvalue weighted by atomic mass is 19.4. The van der Waals surface area contributed by atoms with E-state index >= 15 is 0 Å². The lowest BCUT2D eigenvalue weighted by molar-refractivity contribution is -0.137. The SMILES string of the molecule is CCNC(=NCc1nc(C)c(C)o1)NCCNC(=O)c1ccc(C(F)(F)F)cc1. The average Bonchev–Trinajstić information content (AvgIpc) is 3.00. The van der Waals surface area contributed by atoms with Crippen LogP contribution >= 0.6 is 0 Å². The number of hydrogen-bond acceptors (Lipinski definition) is 4. The first kappa shape index (κ1) is 22.3. The van der Waals surface area contributed by atoms with Crippen LogP contribution in [0.3, 0.4) is 0 Å². The molecule has 29 heavy (non-hydrogen) atoms. The Morgan fingerprint density at radius 2 is 1.76 bits per heavy atom. The number of nitrogens with zero attached hydrogens (tertiary/aromatic N) is 2. The minimum absolute atomic E-state index is 0.160. The number of hydrogen-bond donors (Lipinski definition) is 3. The molecule has 158 valence electrons. The molecule has 0 aliphatic carbocycles. The summed E-state index contributed by atoms with van der Waals surface area (Å²) in [5.74, 6) is 1.34. The number of rotatable bonds is 7.